The van der Waals surface area contributed by atoms with Crippen molar-refractivity contribution in [2.24, 2.45) is 0 Å². The molecule has 3 rings (SSSR count). The van der Waals surface area contributed by atoms with Crippen molar-refractivity contribution in [1.82, 2.24) is 19.5 Å². The van der Waals surface area contributed by atoms with Gasteiger partial charge in [-0.1, -0.05) is 5.92 Å². The van der Waals surface area contributed by atoms with Crippen LogP contribution in [0.15, 0.2) is 6.33 Å². The van der Waals surface area contributed by atoms with Crippen LogP contribution in [-0.2, 0) is 42.9 Å². The number of hydrogen-bond donors (Lipinski definition) is 2. The first kappa shape index (κ1) is 30.2. The number of halogens is 1. The van der Waals surface area contributed by atoms with Crippen molar-refractivity contribution in [2.45, 2.75) is 63.6 Å². The number of carbonyl (C=O) groups excluding carboxylic acids is 4. The van der Waals surface area contributed by atoms with Gasteiger partial charge in [-0.15, -0.1) is 6.42 Å². The molecule has 0 unspecified atom stereocenters. The van der Waals surface area contributed by atoms with Crippen molar-refractivity contribution in [3.63, 3.8) is 0 Å². The molecule has 40 heavy (non-hydrogen) atoms. The number of aliphatic hydroxyl groups is 1. The Bertz CT molecular complexity index is 1290. The molecule has 1 saturated heterocycles. The molecule has 3 heterocycles. The van der Waals surface area contributed by atoms with Gasteiger partial charge in [-0.25, -0.2) is 4.98 Å². The summed E-state index contributed by atoms with van der Waals surface area (Å²) in [5.74, 6) is -0.516. The summed E-state index contributed by atoms with van der Waals surface area (Å²) in [7, 11) is 0. The van der Waals surface area contributed by atoms with Gasteiger partial charge in [-0.2, -0.15) is 14.4 Å². The predicted molar refractivity (Wildman–Crippen MR) is 130 cm³/mol. The highest BCUT2D eigenvalue weighted by atomic mass is 19.1. The highest BCUT2D eigenvalue weighted by Gasteiger charge is 2.49. The first-order chi connectivity index (χ1) is 18.9. The lowest BCUT2D eigenvalue weighted by Crippen LogP contribution is -2.43. The van der Waals surface area contributed by atoms with Gasteiger partial charge < -0.3 is 34.5 Å². The Morgan fingerprint density at radius 3 is 2.48 bits per heavy atom. The van der Waals surface area contributed by atoms with Gasteiger partial charge in [0.25, 0.3) is 0 Å². The molecule has 0 spiro atoms. The molecule has 16 heteroatoms. The summed E-state index contributed by atoms with van der Waals surface area (Å²) in [6.07, 6.45) is 2.22. The Morgan fingerprint density at radius 2 is 1.85 bits per heavy atom. The van der Waals surface area contributed by atoms with E-state index in [1.807, 2.05) is 0 Å². The molecular formula is C24H28FN5O10. The standard InChI is InChI=1S/C24H28FN5O10/c1-4-24(16(33)8-17(40-24)30-12-27-20-21(26)28-23(25)29-22(20)30)11-38-18(34)6-5-7-19(35)39-15(9-36-13(2)31)10-37-14(3)32/h1,12,15-17,33H,5-11H2,2-3H3,(H2,26,28,29)/t16-,17+,24+/m0/s1. The third-order valence-electron chi connectivity index (χ3n) is 5.74. The lowest BCUT2D eigenvalue weighted by atomic mass is 9.99. The number of ether oxygens (including phenoxy) is 5. The summed E-state index contributed by atoms with van der Waals surface area (Å²) in [5, 5.41) is 10.6. The van der Waals surface area contributed by atoms with E-state index in [4.69, 9.17) is 35.8 Å². The van der Waals surface area contributed by atoms with Crippen molar-refractivity contribution in [3.8, 4) is 12.3 Å². The highest BCUT2D eigenvalue weighted by Crippen LogP contribution is 2.38. The third-order valence-corrected chi connectivity index (χ3v) is 5.74. The van der Waals surface area contributed by atoms with Crippen LogP contribution in [0.1, 0.15) is 45.8 Å². The minimum atomic E-state index is -1.71. The van der Waals surface area contributed by atoms with E-state index < -0.39 is 60.6 Å². The number of nitrogens with two attached hydrogens (primary N) is 1. The minimum Gasteiger partial charge on any atom is -0.462 e. The fourth-order valence-corrected chi connectivity index (χ4v) is 3.76. The third kappa shape index (κ3) is 7.61. The van der Waals surface area contributed by atoms with Crippen molar-refractivity contribution >= 4 is 40.9 Å². The number of esters is 4. The predicted octanol–water partition coefficient (Wildman–Crippen LogP) is -0.0491. The zero-order valence-corrected chi connectivity index (χ0v) is 21.7. The summed E-state index contributed by atoms with van der Waals surface area (Å²) >= 11 is 0. The van der Waals surface area contributed by atoms with Gasteiger partial charge in [0, 0.05) is 33.1 Å². The molecule has 216 valence electrons. The molecule has 15 nitrogen and oxygen atoms in total. The molecular weight excluding hydrogens is 537 g/mol. The van der Waals surface area contributed by atoms with E-state index in [0.29, 0.717) is 0 Å². The summed E-state index contributed by atoms with van der Waals surface area (Å²) in [5.41, 5.74) is 4.12. The van der Waals surface area contributed by atoms with Crippen molar-refractivity contribution < 1.29 is 52.4 Å². The second-order valence-corrected chi connectivity index (χ2v) is 8.79. The van der Waals surface area contributed by atoms with Gasteiger partial charge in [-0.05, 0) is 6.42 Å². The molecule has 0 bridgehead atoms. The van der Waals surface area contributed by atoms with E-state index in [0.717, 1.165) is 0 Å². The van der Waals surface area contributed by atoms with E-state index in [-0.39, 0.29) is 55.9 Å². The number of imidazole rings is 1. The van der Waals surface area contributed by atoms with E-state index >= 15 is 0 Å². The maximum atomic E-state index is 13.7. The number of nitrogen functional groups attached to an aromatic ring is 1. The quantitative estimate of drug-likeness (QED) is 0.150. The van der Waals surface area contributed by atoms with Crippen LogP contribution >= 0.6 is 0 Å². The zero-order chi connectivity index (χ0) is 29.4. The molecule has 1 aliphatic heterocycles. The van der Waals surface area contributed by atoms with Crippen molar-refractivity contribution in [3.05, 3.63) is 12.4 Å². The molecule has 0 amide bonds. The average molecular weight is 566 g/mol. The maximum Gasteiger partial charge on any atom is 0.312 e. The zero-order valence-electron chi connectivity index (χ0n) is 21.7. The van der Waals surface area contributed by atoms with Crippen LogP contribution in [0.4, 0.5) is 10.2 Å². The lowest BCUT2D eigenvalue weighted by molar-refractivity contribution is -0.166. The number of rotatable bonds is 12. The molecule has 0 saturated carbocycles. The average Bonchev–Trinajstić information content (AvgIpc) is 3.45. The van der Waals surface area contributed by atoms with Crippen LogP contribution in [0.3, 0.4) is 0 Å². The van der Waals surface area contributed by atoms with Gasteiger partial charge in [0.05, 0.1) is 6.33 Å². The van der Waals surface area contributed by atoms with Crippen LogP contribution in [0, 0.1) is 18.4 Å². The SMILES string of the molecule is C#C[C@]1(COC(=O)CCCC(=O)OC(COC(C)=O)COC(C)=O)O[C@@H](n2cnc3c(N)nc(F)nc32)C[C@@H]1O. The topological polar surface area (TPSA) is 204 Å². The smallest absolute Gasteiger partial charge is 0.312 e. The van der Waals surface area contributed by atoms with E-state index in [9.17, 15) is 28.7 Å². The normalized spacial score (nSPS) is 20.2. The summed E-state index contributed by atoms with van der Waals surface area (Å²) in [4.78, 5) is 57.6. The molecule has 1 aliphatic rings. The molecule has 0 radical (unpaired) electrons. The Morgan fingerprint density at radius 1 is 1.20 bits per heavy atom. The Balaban J connectivity index is 1.50. The fraction of sp³-hybridized carbons (Fsp3) is 0.542. The molecule has 2 aromatic rings. The summed E-state index contributed by atoms with van der Waals surface area (Å²) in [6.45, 7) is 1.22. The van der Waals surface area contributed by atoms with Gasteiger partial charge in [0.1, 0.15) is 32.2 Å². The Labute approximate surface area is 227 Å². The number of terminal acetylenes is 1. The van der Waals surface area contributed by atoms with Gasteiger partial charge >= 0.3 is 30.0 Å². The summed E-state index contributed by atoms with van der Waals surface area (Å²) < 4.78 is 40.8. The number of anilines is 1. The monoisotopic (exact) mass is 565 g/mol. The number of nitrogens with zero attached hydrogens (tertiary/aromatic N) is 4. The van der Waals surface area contributed by atoms with E-state index in [1.165, 1.54) is 24.7 Å². The van der Waals surface area contributed by atoms with Crippen molar-refractivity contribution in [1.29, 1.82) is 0 Å². The maximum absolute atomic E-state index is 13.7. The van der Waals surface area contributed by atoms with E-state index in [2.05, 4.69) is 20.9 Å². The first-order valence-electron chi connectivity index (χ1n) is 12.0. The van der Waals surface area contributed by atoms with Gasteiger partial charge in [0.15, 0.2) is 28.7 Å². The van der Waals surface area contributed by atoms with Gasteiger partial charge in [-0.3, -0.25) is 23.7 Å². The van der Waals surface area contributed by atoms with E-state index in [1.54, 1.807) is 0 Å². The highest BCUT2D eigenvalue weighted by molar-refractivity contribution is 5.81. The number of carbonyl (C=O) groups is 4. The first-order valence-corrected chi connectivity index (χ1v) is 12.0. The number of hydrogen-bond acceptors (Lipinski definition) is 14. The second-order valence-electron chi connectivity index (χ2n) is 8.79. The molecule has 0 aliphatic carbocycles. The Hall–Kier alpha value is -4.36. The molecule has 0 aromatic carbocycles. The fourth-order valence-electron chi connectivity index (χ4n) is 3.76. The van der Waals surface area contributed by atoms with Crippen LogP contribution in [0.5, 0.6) is 0 Å². The number of aliphatic hydroxyl groups excluding tert-OH is 1. The van der Waals surface area contributed by atoms with Gasteiger partial charge in [0.2, 0.25) is 0 Å². The van der Waals surface area contributed by atoms with Crippen LogP contribution < -0.4 is 5.73 Å². The van der Waals surface area contributed by atoms with Crippen LogP contribution in [0.25, 0.3) is 11.2 Å². The van der Waals surface area contributed by atoms with Crippen LogP contribution in [0.2, 0.25) is 0 Å². The molecule has 3 atom stereocenters. The number of fused-ring (bicyclic) bond motifs is 1. The molecule has 3 N–H and O–H groups in total. The minimum absolute atomic E-state index is 0.0295. The van der Waals surface area contributed by atoms with Crippen molar-refractivity contribution in [2.75, 3.05) is 25.6 Å². The second kappa shape index (κ2) is 13.1. The lowest BCUT2D eigenvalue weighted by Gasteiger charge is -2.26. The molecule has 1 fully saturated rings. The number of aromatic nitrogens is 4. The summed E-state index contributed by atoms with van der Waals surface area (Å²) in [6, 6.07) is 0. The van der Waals surface area contributed by atoms with Crippen LogP contribution in [-0.4, -0.2) is 86.1 Å². The molecule has 2 aromatic heterocycles. The largest absolute Gasteiger partial charge is 0.462 e. The Kier molecular flexibility index (Phi) is 9.91.